The highest BCUT2D eigenvalue weighted by molar-refractivity contribution is 6.43. The van der Waals surface area contributed by atoms with Crippen LogP contribution in [0.1, 0.15) is 5.56 Å². The van der Waals surface area contributed by atoms with Crippen LogP contribution in [0.3, 0.4) is 0 Å². The van der Waals surface area contributed by atoms with Crippen molar-refractivity contribution in [1.82, 2.24) is 0 Å². The Kier molecular flexibility index (Phi) is 4.33. The minimum atomic E-state index is -0.357. The lowest BCUT2D eigenvalue weighted by atomic mass is 10.2. The molecule has 18 heavy (non-hydrogen) atoms. The number of nitrogens with one attached hydrogen (secondary N) is 1. The minimum absolute atomic E-state index is 0.357. The van der Waals surface area contributed by atoms with E-state index in [0.717, 1.165) is 5.56 Å². The van der Waals surface area contributed by atoms with Gasteiger partial charge in [0.05, 0.1) is 15.7 Å². The number of anilines is 1. The Labute approximate surface area is 119 Å². The summed E-state index contributed by atoms with van der Waals surface area (Å²) in [5.41, 5.74) is 1.50. The molecule has 0 aliphatic heterocycles. The minimum Gasteiger partial charge on any atom is -0.380 e. The number of hydrogen-bond acceptors (Lipinski definition) is 1. The normalized spacial score (nSPS) is 10.4. The summed E-state index contributed by atoms with van der Waals surface area (Å²) in [6, 6.07) is 9.58. The molecule has 2 aromatic rings. The topological polar surface area (TPSA) is 12.0 Å². The molecule has 0 radical (unpaired) electrons. The summed E-state index contributed by atoms with van der Waals surface area (Å²) in [6.07, 6.45) is 0. The monoisotopic (exact) mass is 303 g/mol. The maximum atomic E-state index is 12.9. The summed E-state index contributed by atoms with van der Waals surface area (Å²) < 4.78 is 12.9. The molecule has 0 fully saturated rings. The predicted octanol–water partition coefficient (Wildman–Crippen LogP) is 5.40. The summed E-state index contributed by atoms with van der Waals surface area (Å²) >= 11 is 17.9. The van der Waals surface area contributed by atoms with Gasteiger partial charge >= 0.3 is 0 Å². The largest absolute Gasteiger partial charge is 0.380 e. The first-order valence-electron chi connectivity index (χ1n) is 5.20. The van der Waals surface area contributed by atoms with Gasteiger partial charge in [-0.05, 0) is 29.8 Å². The Hall–Kier alpha value is -0.960. The molecule has 5 heteroatoms. The van der Waals surface area contributed by atoms with E-state index in [1.54, 1.807) is 18.2 Å². The molecule has 1 N–H and O–H groups in total. The van der Waals surface area contributed by atoms with Gasteiger partial charge in [0.1, 0.15) is 5.82 Å². The second-order valence-electron chi connectivity index (χ2n) is 3.69. The van der Waals surface area contributed by atoms with E-state index in [0.29, 0.717) is 27.3 Å². The molecule has 0 spiro atoms. The van der Waals surface area contributed by atoms with Crippen molar-refractivity contribution in [3.63, 3.8) is 0 Å². The van der Waals surface area contributed by atoms with Crippen LogP contribution >= 0.6 is 34.8 Å². The van der Waals surface area contributed by atoms with Crippen LogP contribution in [0.4, 0.5) is 10.1 Å². The third kappa shape index (κ3) is 3.08. The quantitative estimate of drug-likeness (QED) is 0.800. The first-order chi connectivity index (χ1) is 8.58. The van der Waals surface area contributed by atoms with E-state index in [9.17, 15) is 4.39 Å². The van der Waals surface area contributed by atoms with Crippen LogP contribution in [-0.4, -0.2) is 0 Å². The van der Waals surface area contributed by atoms with Crippen molar-refractivity contribution in [2.45, 2.75) is 6.54 Å². The molecule has 0 unspecified atom stereocenters. The van der Waals surface area contributed by atoms with E-state index in [4.69, 9.17) is 34.8 Å². The molecular weight excluding hydrogens is 296 g/mol. The van der Waals surface area contributed by atoms with Crippen molar-refractivity contribution in [2.24, 2.45) is 0 Å². The molecule has 0 aliphatic carbocycles. The van der Waals surface area contributed by atoms with Crippen LogP contribution in [0.25, 0.3) is 0 Å². The molecule has 0 bridgehead atoms. The molecule has 1 nitrogen and oxygen atoms in total. The van der Waals surface area contributed by atoms with Crippen molar-refractivity contribution >= 4 is 40.5 Å². The van der Waals surface area contributed by atoms with Gasteiger partial charge in [0, 0.05) is 11.6 Å². The van der Waals surface area contributed by atoms with E-state index in [2.05, 4.69) is 5.32 Å². The Balaban J connectivity index is 2.14. The van der Waals surface area contributed by atoms with Crippen molar-refractivity contribution in [3.8, 4) is 0 Å². The van der Waals surface area contributed by atoms with Gasteiger partial charge in [-0.15, -0.1) is 0 Å². The molecule has 0 saturated carbocycles. The highest BCUT2D eigenvalue weighted by Gasteiger charge is 2.06. The zero-order valence-electron chi connectivity index (χ0n) is 9.18. The molecule has 0 saturated heterocycles. The van der Waals surface area contributed by atoms with Crippen LogP contribution < -0.4 is 5.32 Å². The molecule has 0 heterocycles. The highest BCUT2D eigenvalue weighted by atomic mass is 35.5. The van der Waals surface area contributed by atoms with E-state index in [1.807, 2.05) is 6.07 Å². The number of hydrogen-bond donors (Lipinski definition) is 1. The molecule has 0 aromatic heterocycles. The fraction of sp³-hybridized carbons (Fsp3) is 0.0769. The third-order valence-corrected chi connectivity index (χ3v) is 3.61. The van der Waals surface area contributed by atoms with Crippen molar-refractivity contribution in [2.75, 3.05) is 5.32 Å². The van der Waals surface area contributed by atoms with E-state index < -0.39 is 0 Å². The lowest BCUT2D eigenvalue weighted by molar-refractivity contribution is 0.627. The third-order valence-electron chi connectivity index (χ3n) is 2.44. The average molecular weight is 305 g/mol. The lowest BCUT2D eigenvalue weighted by Crippen LogP contribution is -2.01. The SMILES string of the molecule is Fc1ccc(CNc2cccc(Cl)c2Cl)c(Cl)c1. The lowest BCUT2D eigenvalue weighted by Gasteiger charge is -2.10. The van der Waals surface area contributed by atoms with Gasteiger partial charge in [-0.25, -0.2) is 4.39 Å². The fourth-order valence-corrected chi connectivity index (χ4v) is 2.10. The van der Waals surface area contributed by atoms with Crippen LogP contribution in [0, 0.1) is 5.82 Å². The van der Waals surface area contributed by atoms with Gasteiger partial charge in [-0.3, -0.25) is 0 Å². The maximum Gasteiger partial charge on any atom is 0.124 e. The van der Waals surface area contributed by atoms with Gasteiger partial charge in [0.15, 0.2) is 0 Å². The standard InChI is InChI=1S/C13H9Cl3FN/c14-10-2-1-3-12(13(10)16)18-7-8-4-5-9(17)6-11(8)15/h1-6,18H,7H2. The van der Waals surface area contributed by atoms with Crippen LogP contribution in [-0.2, 0) is 6.54 Å². The Bertz CT molecular complexity index is 572. The van der Waals surface area contributed by atoms with Crippen molar-refractivity contribution in [3.05, 3.63) is 62.8 Å². The molecule has 0 amide bonds. The van der Waals surface area contributed by atoms with Crippen molar-refractivity contribution in [1.29, 1.82) is 0 Å². The predicted molar refractivity (Wildman–Crippen MR) is 75.2 cm³/mol. The Morgan fingerprint density at radius 1 is 1.00 bits per heavy atom. The average Bonchev–Trinajstić information content (AvgIpc) is 2.33. The zero-order chi connectivity index (χ0) is 13.1. The maximum absolute atomic E-state index is 12.9. The van der Waals surface area contributed by atoms with E-state index >= 15 is 0 Å². The second kappa shape index (κ2) is 5.79. The van der Waals surface area contributed by atoms with Crippen LogP contribution in [0.5, 0.6) is 0 Å². The summed E-state index contributed by atoms with van der Waals surface area (Å²) in [5.74, 6) is -0.357. The summed E-state index contributed by atoms with van der Waals surface area (Å²) in [7, 11) is 0. The van der Waals surface area contributed by atoms with E-state index in [1.165, 1.54) is 12.1 Å². The van der Waals surface area contributed by atoms with Gasteiger partial charge in [-0.2, -0.15) is 0 Å². The number of halogens is 4. The smallest absolute Gasteiger partial charge is 0.124 e. The number of benzene rings is 2. The first-order valence-corrected chi connectivity index (χ1v) is 6.33. The molecule has 2 aromatic carbocycles. The Morgan fingerprint density at radius 3 is 2.50 bits per heavy atom. The number of rotatable bonds is 3. The summed E-state index contributed by atoms with van der Waals surface area (Å²) in [6.45, 7) is 0.444. The van der Waals surface area contributed by atoms with Crippen LogP contribution in [0.2, 0.25) is 15.1 Å². The summed E-state index contributed by atoms with van der Waals surface area (Å²) in [5, 5.41) is 4.42. The molecule has 2 rings (SSSR count). The second-order valence-corrected chi connectivity index (χ2v) is 4.88. The van der Waals surface area contributed by atoms with Crippen LogP contribution in [0.15, 0.2) is 36.4 Å². The first kappa shape index (κ1) is 13.5. The van der Waals surface area contributed by atoms with Gasteiger partial charge in [-0.1, -0.05) is 46.9 Å². The fourth-order valence-electron chi connectivity index (χ4n) is 1.50. The van der Waals surface area contributed by atoms with Gasteiger partial charge in [0.2, 0.25) is 0 Å². The molecule has 94 valence electrons. The molecule has 0 atom stereocenters. The molecule has 0 aliphatic rings. The zero-order valence-corrected chi connectivity index (χ0v) is 11.5. The van der Waals surface area contributed by atoms with E-state index in [-0.39, 0.29) is 5.82 Å². The Morgan fingerprint density at radius 2 is 1.78 bits per heavy atom. The summed E-state index contributed by atoms with van der Waals surface area (Å²) in [4.78, 5) is 0. The highest BCUT2D eigenvalue weighted by Crippen LogP contribution is 2.30. The molecular formula is C13H9Cl3FN. The van der Waals surface area contributed by atoms with Gasteiger partial charge < -0.3 is 5.32 Å². The van der Waals surface area contributed by atoms with Gasteiger partial charge in [0.25, 0.3) is 0 Å². The van der Waals surface area contributed by atoms with Crippen molar-refractivity contribution < 1.29 is 4.39 Å².